The van der Waals surface area contributed by atoms with Gasteiger partial charge < -0.3 is 9.64 Å². The van der Waals surface area contributed by atoms with Crippen molar-refractivity contribution in [3.8, 4) is 0 Å². The van der Waals surface area contributed by atoms with Crippen LogP contribution < -0.4 is 0 Å². The molecule has 0 saturated carbocycles. The van der Waals surface area contributed by atoms with Gasteiger partial charge in [0, 0.05) is 27.2 Å². The van der Waals surface area contributed by atoms with Crippen LogP contribution in [-0.2, 0) is 15.7 Å². The zero-order valence-electron chi connectivity index (χ0n) is 13.4. The van der Waals surface area contributed by atoms with Crippen LogP contribution in [0.1, 0.15) is 24.2 Å². The van der Waals surface area contributed by atoms with Gasteiger partial charge in [-0.25, -0.2) is 0 Å². The van der Waals surface area contributed by atoms with Crippen molar-refractivity contribution in [2.45, 2.75) is 25.2 Å². The Kier molecular flexibility index (Phi) is 5.31. The molecule has 1 aliphatic heterocycles. The average molecular weight is 330 g/mol. The second kappa shape index (κ2) is 6.88. The van der Waals surface area contributed by atoms with Crippen LogP contribution in [0.25, 0.3) is 0 Å². The first-order valence-corrected chi connectivity index (χ1v) is 7.44. The number of alkyl halides is 3. The molecule has 1 amide bonds. The molecule has 1 fully saturated rings. The summed E-state index contributed by atoms with van der Waals surface area (Å²) < 4.78 is 43.5. The molecule has 2 unspecified atom stereocenters. The summed E-state index contributed by atoms with van der Waals surface area (Å²) >= 11 is 0. The number of hydrogen-bond donors (Lipinski definition) is 0. The van der Waals surface area contributed by atoms with Crippen LogP contribution in [-0.4, -0.2) is 55.5 Å². The molecule has 1 heterocycles. The maximum atomic E-state index is 12.6. The normalized spacial score (nSPS) is 21.0. The molecule has 0 bridgehead atoms. The number of halogens is 3. The first-order chi connectivity index (χ1) is 10.7. The molecule has 4 nitrogen and oxygen atoms in total. The Morgan fingerprint density at radius 2 is 1.91 bits per heavy atom. The molecule has 23 heavy (non-hydrogen) atoms. The van der Waals surface area contributed by atoms with Gasteiger partial charge in [-0.15, -0.1) is 0 Å². The van der Waals surface area contributed by atoms with Gasteiger partial charge in [0.15, 0.2) is 0 Å². The summed E-state index contributed by atoms with van der Waals surface area (Å²) in [4.78, 5) is 15.6. The summed E-state index contributed by atoms with van der Waals surface area (Å²) in [6.45, 7) is 3.37. The number of ether oxygens (including phenoxy) is 1. The van der Waals surface area contributed by atoms with Crippen molar-refractivity contribution < 1.29 is 22.7 Å². The van der Waals surface area contributed by atoms with E-state index in [4.69, 9.17) is 4.74 Å². The van der Waals surface area contributed by atoms with Crippen LogP contribution in [0.2, 0.25) is 0 Å². The van der Waals surface area contributed by atoms with E-state index in [1.54, 1.807) is 14.1 Å². The lowest BCUT2D eigenvalue weighted by Gasteiger charge is -2.37. The molecule has 1 aliphatic rings. The van der Waals surface area contributed by atoms with Gasteiger partial charge in [-0.2, -0.15) is 13.2 Å². The van der Waals surface area contributed by atoms with E-state index in [-0.39, 0.29) is 18.1 Å². The highest BCUT2D eigenvalue weighted by molar-refractivity contribution is 5.80. The standard InChI is InChI=1S/C16H21F3N2O2/c1-11(15(22)20(2)3)21-8-9-23-14(10-21)12-4-6-13(7-5-12)16(17,18)19/h4-7,11,14H,8-10H2,1-3H3. The van der Waals surface area contributed by atoms with Crippen molar-refractivity contribution in [3.05, 3.63) is 35.4 Å². The fourth-order valence-corrected chi connectivity index (χ4v) is 2.64. The van der Waals surface area contributed by atoms with Gasteiger partial charge in [-0.05, 0) is 24.6 Å². The van der Waals surface area contributed by atoms with Crippen LogP contribution >= 0.6 is 0 Å². The number of rotatable bonds is 3. The summed E-state index contributed by atoms with van der Waals surface area (Å²) in [6.07, 6.45) is -4.67. The van der Waals surface area contributed by atoms with Crippen molar-refractivity contribution in [3.63, 3.8) is 0 Å². The van der Waals surface area contributed by atoms with E-state index in [0.717, 1.165) is 12.1 Å². The zero-order chi connectivity index (χ0) is 17.2. The molecule has 1 aromatic carbocycles. The Labute approximate surface area is 133 Å². The van der Waals surface area contributed by atoms with Crippen LogP contribution in [0, 0.1) is 0 Å². The molecule has 7 heteroatoms. The third-order valence-corrected chi connectivity index (χ3v) is 4.05. The molecule has 128 valence electrons. The summed E-state index contributed by atoms with van der Waals surface area (Å²) in [5, 5.41) is 0. The second-order valence-electron chi connectivity index (χ2n) is 5.88. The fourth-order valence-electron chi connectivity index (χ4n) is 2.64. The molecule has 1 aromatic rings. The first-order valence-electron chi connectivity index (χ1n) is 7.44. The van der Waals surface area contributed by atoms with Gasteiger partial charge in [0.25, 0.3) is 0 Å². The van der Waals surface area contributed by atoms with E-state index >= 15 is 0 Å². The SMILES string of the molecule is CC(C(=O)N(C)C)N1CCOC(c2ccc(C(F)(F)F)cc2)C1. The van der Waals surface area contributed by atoms with Gasteiger partial charge >= 0.3 is 6.18 Å². The van der Waals surface area contributed by atoms with Gasteiger partial charge in [-0.3, -0.25) is 9.69 Å². The van der Waals surface area contributed by atoms with E-state index in [1.165, 1.54) is 17.0 Å². The number of carbonyl (C=O) groups is 1. The molecular formula is C16H21F3N2O2. The second-order valence-corrected chi connectivity index (χ2v) is 5.88. The summed E-state index contributed by atoms with van der Waals surface area (Å²) in [7, 11) is 3.40. The van der Waals surface area contributed by atoms with Gasteiger partial charge in [-0.1, -0.05) is 12.1 Å². The summed E-state index contributed by atoms with van der Waals surface area (Å²) in [5.41, 5.74) is 0.0114. The third-order valence-electron chi connectivity index (χ3n) is 4.05. The van der Waals surface area contributed by atoms with Gasteiger partial charge in [0.1, 0.15) is 0 Å². The van der Waals surface area contributed by atoms with E-state index in [9.17, 15) is 18.0 Å². The minimum Gasteiger partial charge on any atom is -0.371 e. The van der Waals surface area contributed by atoms with Gasteiger partial charge in [0.2, 0.25) is 5.91 Å². The fraction of sp³-hybridized carbons (Fsp3) is 0.562. The molecule has 1 saturated heterocycles. The average Bonchev–Trinajstić information content (AvgIpc) is 2.52. The highest BCUT2D eigenvalue weighted by Gasteiger charge is 2.32. The molecule has 0 spiro atoms. The topological polar surface area (TPSA) is 32.8 Å². The molecule has 0 aromatic heterocycles. The van der Waals surface area contributed by atoms with E-state index < -0.39 is 11.7 Å². The Balaban J connectivity index is 2.08. The molecule has 0 radical (unpaired) electrons. The van der Waals surface area contributed by atoms with E-state index in [1.807, 2.05) is 11.8 Å². The van der Waals surface area contributed by atoms with Crippen molar-refractivity contribution in [2.75, 3.05) is 33.8 Å². The lowest BCUT2D eigenvalue weighted by molar-refractivity contribution is -0.138. The maximum absolute atomic E-state index is 12.6. The lowest BCUT2D eigenvalue weighted by atomic mass is 10.0. The smallest absolute Gasteiger partial charge is 0.371 e. The predicted octanol–water partition coefficient (Wildman–Crippen LogP) is 2.56. The Bertz CT molecular complexity index is 543. The number of nitrogens with zero attached hydrogens (tertiary/aromatic N) is 2. The van der Waals surface area contributed by atoms with Crippen molar-refractivity contribution >= 4 is 5.91 Å². The molecule has 0 N–H and O–H groups in total. The number of carbonyl (C=O) groups excluding carboxylic acids is 1. The van der Waals surface area contributed by atoms with Gasteiger partial charge in [0.05, 0.1) is 24.3 Å². The van der Waals surface area contributed by atoms with E-state index in [0.29, 0.717) is 25.3 Å². The number of hydrogen-bond acceptors (Lipinski definition) is 3. The minimum atomic E-state index is -4.34. The molecular weight excluding hydrogens is 309 g/mol. The van der Waals surface area contributed by atoms with Crippen LogP contribution in [0.15, 0.2) is 24.3 Å². The molecule has 2 rings (SSSR count). The highest BCUT2D eigenvalue weighted by Crippen LogP contribution is 2.31. The highest BCUT2D eigenvalue weighted by atomic mass is 19.4. The van der Waals surface area contributed by atoms with Crippen LogP contribution in [0.4, 0.5) is 13.2 Å². The number of benzene rings is 1. The summed E-state index contributed by atoms with van der Waals surface area (Å²) in [5.74, 6) is -0.00179. The Morgan fingerprint density at radius 3 is 2.43 bits per heavy atom. The number of likely N-dealkylation sites (N-methyl/N-ethyl adjacent to an activating group) is 1. The van der Waals surface area contributed by atoms with Crippen LogP contribution in [0.3, 0.4) is 0 Å². The monoisotopic (exact) mass is 330 g/mol. The first kappa shape index (κ1) is 17.7. The van der Waals surface area contributed by atoms with Crippen molar-refractivity contribution in [1.82, 2.24) is 9.80 Å². The van der Waals surface area contributed by atoms with Crippen molar-refractivity contribution in [2.24, 2.45) is 0 Å². The minimum absolute atomic E-state index is 0.00179. The summed E-state index contributed by atoms with van der Waals surface area (Å²) in [6, 6.07) is 4.72. The third kappa shape index (κ3) is 4.23. The Morgan fingerprint density at radius 1 is 1.30 bits per heavy atom. The maximum Gasteiger partial charge on any atom is 0.416 e. The molecule has 2 atom stereocenters. The molecule has 0 aliphatic carbocycles. The van der Waals surface area contributed by atoms with Crippen molar-refractivity contribution in [1.29, 1.82) is 0 Å². The lowest BCUT2D eigenvalue weighted by Crippen LogP contribution is -2.50. The number of amides is 1. The largest absolute Gasteiger partial charge is 0.416 e. The predicted molar refractivity (Wildman–Crippen MR) is 79.9 cm³/mol. The quantitative estimate of drug-likeness (QED) is 0.854. The van der Waals surface area contributed by atoms with Crippen LogP contribution in [0.5, 0.6) is 0 Å². The number of morpholine rings is 1. The Hall–Kier alpha value is -1.60. The zero-order valence-corrected chi connectivity index (χ0v) is 13.4. The van der Waals surface area contributed by atoms with E-state index in [2.05, 4.69) is 0 Å².